The van der Waals surface area contributed by atoms with Crippen molar-refractivity contribution in [3.63, 3.8) is 0 Å². The molecule has 0 unspecified atom stereocenters. The predicted molar refractivity (Wildman–Crippen MR) is 32.2 cm³/mol. The van der Waals surface area contributed by atoms with Gasteiger partial charge < -0.3 is 16.7 Å². The van der Waals surface area contributed by atoms with Gasteiger partial charge in [0.15, 0.2) is 0 Å². The molecule has 3 nitrogen and oxygen atoms in total. The molecular formula is C6H7NO2Ti. The van der Waals surface area contributed by atoms with E-state index in [1.807, 2.05) is 30.3 Å². The van der Waals surface area contributed by atoms with E-state index >= 15 is 0 Å². The van der Waals surface area contributed by atoms with Crippen molar-refractivity contribution in [2.75, 3.05) is 5.73 Å². The van der Waals surface area contributed by atoms with Crippen LogP contribution in [-0.2, 0) is 32.7 Å². The minimum absolute atomic E-state index is 0. The van der Waals surface area contributed by atoms with Gasteiger partial charge in [0.1, 0.15) is 0 Å². The average Bonchev–Trinajstić information content (AvgIpc) is 1.69. The van der Waals surface area contributed by atoms with Crippen LogP contribution in [0.3, 0.4) is 0 Å². The number of nitrogen functional groups attached to an aromatic ring is 1. The Morgan fingerprint density at radius 2 is 1.30 bits per heavy atom. The molecule has 0 amide bonds. The van der Waals surface area contributed by atoms with E-state index in [1.54, 1.807) is 0 Å². The molecule has 0 radical (unpaired) electrons. The van der Waals surface area contributed by atoms with Crippen LogP contribution in [0.1, 0.15) is 0 Å². The first-order valence-corrected chi connectivity index (χ1v) is 2.20. The average molecular weight is 173 g/mol. The van der Waals surface area contributed by atoms with E-state index < -0.39 is 0 Å². The molecule has 4 heteroatoms. The Hall–Kier alpha value is -0.346. The Bertz CT molecular complexity index is 146. The van der Waals surface area contributed by atoms with E-state index in [4.69, 9.17) is 5.73 Å². The molecule has 1 aromatic rings. The zero-order valence-corrected chi connectivity index (χ0v) is 6.84. The number of rotatable bonds is 0. The summed E-state index contributed by atoms with van der Waals surface area (Å²) < 4.78 is 0. The zero-order valence-electron chi connectivity index (χ0n) is 5.28. The summed E-state index contributed by atoms with van der Waals surface area (Å²) in [5.74, 6) is 0. The van der Waals surface area contributed by atoms with Gasteiger partial charge in [-0.05, 0) is 12.1 Å². The van der Waals surface area contributed by atoms with Crippen LogP contribution >= 0.6 is 0 Å². The molecule has 10 heavy (non-hydrogen) atoms. The molecule has 0 bridgehead atoms. The molecule has 0 aliphatic carbocycles. The summed E-state index contributed by atoms with van der Waals surface area (Å²) in [6, 6.07) is 9.49. The van der Waals surface area contributed by atoms with Crippen molar-refractivity contribution in [1.29, 1.82) is 0 Å². The largest absolute Gasteiger partial charge is 4.00 e. The normalized spacial score (nSPS) is 6.00. The van der Waals surface area contributed by atoms with Crippen molar-refractivity contribution in [3.8, 4) is 0 Å². The predicted octanol–water partition coefficient (Wildman–Crippen LogP) is 1.03. The second-order valence-corrected chi connectivity index (χ2v) is 1.41. The van der Waals surface area contributed by atoms with Gasteiger partial charge in [-0.25, -0.2) is 0 Å². The fourth-order valence-electron chi connectivity index (χ4n) is 0.453. The fourth-order valence-corrected chi connectivity index (χ4v) is 0.453. The van der Waals surface area contributed by atoms with Crippen LogP contribution in [0.25, 0.3) is 0 Å². The molecule has 0 saturated heterocycles. The van der Waals surface area contributed by atoms with Gasteiger partial charge in [-0.3, -0.25) is 0 Å². The Kier molecular flexibility index (Phi) is 14.1. The van der Waals surface area contributed by atoms with Gasteiger partial charge >= 0.3 is 21.7 Å². The number of nitrogens with two attached hydrogens (primary N) is 1. The monoisotopic (exact) mass is 173 g/mol. The van der Waals surface area contributed by atoms with Crippen LogP contribution in [0.4, 0.5) is 5.69 Å². The van der Waals surface area contributed by atoms with Gasteiger partial charge in [-0.15, -0.1) is 0 Å². The maximum Gasteiger partial charge on any atom is 4.00 e. The number of benzene rings is 1. The summed E-state index contributed by atoms with van der Waals surface area (Å²) in [5.41, 5.74) is 6.18. The van der Waals surface area contributed by atoms with E-state index in [0.717, 1.165) is 5.69 Å². The number of anilines is 1. The summed E-state index contributed by atoms with van der Waals surface area (Å²) >= 11 is 0. The molecule has 1 rings (SSSR count). The van der Waals surface area contributed by atoms with Gasteiger partial charge in [-0.2, -0.15) is 0 Å². The molecule has 0 fully saturated rings. The van der Waals surface area contributed by atoms with Crippen LogP contribution < -0.4 is 5.73 Å². The fraction of sp³-hybridized carbons (Fsp3) is 0. The van der Waals surface area contributed by atoms with Crippen LogP contribution in [0.5, 0.6) is 0 Å². The summed E-state index contributed by atoms with van der Waals surface area (Å²) in [6.45, 7) is 0. The first-order chi connectivity index (χ1) is 3.39. The molecule has 0 atom stereocenters. The molecule has 1 aromatic carbocycles. The number of para-hydroxylation sites is 1. The van der Waals surface area contributed by atoms with Gasteiger partial charge in [0.2, 0.25) is 0 Å². The summed E-state index contributed by atoms with van der Waals surface area (Å²) in [5, 5.41) is 0. The van der Waals surface area contributed by atoms with Crippen molar-refractivity contribution in [2.24, 2.45) is 0 Å². The second kappa shape index (κ2) is 8.65. The van der Waals surface area contributed by atoms with Crippen LogP contribution in [0.15, 0.2) is 30.3 Å². The first kappa shape index (κ1) is 16.3. The Morgan fingerprint density at radius 3 is 1.50 bits per heavy atom. The smallest absolute Gasteiger partial charge is 2.00 e. The van der Waals surface area contributed by atoms with Gasteiger partial charge in [0.05, 0.1) is 0 Å². The Balaban J connectivity index is -0.000000163. The van der Waals surface area contributed by atoms with Gasteiger partial charge in [0.25, 0.3) is 0 Å². The van der Waals surface area contributed by atoms with E-state index in [9.17, 15) is 0 Å². The molecule has 0 saturated carbocycles. The molecule has 0 spiro atoms. The zero-order chi connectivity index (χ0) is 5.11. The minimum atomic E-state index is 0. The topological polar surface area (TPSA) is 83.0 Å². The van der Waals surface area contributed by atoms with E-state index in [2.05, 4.69) is 0 Å². The van der Waals surface area contributed by atoms with Crippen molar-refractivity contribution >= 4 is 5.69 Å². The molecule has 0 aromatic heterocycles. The maximum absolute atomic E-state index is 5.36. The Labute approximate surface area is 74.7 Å². The van der Waals surface area contributed by atoms with E-state index in [0.29, 0.717) is 0 Å². The minimum Gasteiger partial charge on any atom is -2.00 e. The molecule has 2 N–H and O–H groups in total. The third-order valence-electron chi connectivity index (χ3n) is 0.800. The first-order valence-electron chi connectivity index (χ1n) is 2.20. The van der Waals surface area contributed by atoms with Crippen LogP contribution in [0, 0.1) is 0 Å². The Morgan fingerprint density at radius 1 is 0.900 bits per heavy atom. The van der Waals surface area contributed by atoms with Crippen LogP contribution in [-0.4, -0.2) is 0 Å². The molecule has 52 valence electrons. The molecule has 0 aliphatic heterocycles. The van der Waals surface area contributed by atoms with E-state index in [1.165, 1.54) is 0 Å². The molecular weight excluding hydrogens is 166 g/mol. The number of hydrogen-bond donors (Lipinski definition) is 1. The third kappa shape index (κ3) is 5.78. The summed E-state index contributed by atoms with van der Waals surface area (Å²) in [4.78, 5) is 0. The van der Waals surface area contributed by atoms with Gasteiger partial charge in [-0.1, -0.05) is 18.2 Å². The van der Waals surface area contributed by atoms with E-state index in [-0.39, 0.29) is 32.7 Å². The van der Waals surface area contributed by atoms with Crippen molar-refractivity contribution < 1.29 is 32.7 Å². The van der Waals surface area contributed by atoms with Gasteiger partial charge in [0, 0.05) is 5.69 Å². The number of hydrogen-bond acceptors (Lipinski definition) is 1. The molecule has 0 aliphatic rings. The third-order valence-corrected chi connectivity index (χ3v) is 0.800. The van der Waals surface area contributed by atoms with Crippen molar-refractivity contribution in [3.05, 3.63) is 30.3 Å². The second-order valence-electron chi connectivity index (χ2n) is 1.41. The molecule has 0 heterocycles. The van der Waals surface area contributed by atoms with Crippen molar-refractivity contribution in [2.45, 2.75) is 0 Å². The summed E-state index contributed by atoms with van der Waals surface area (Å²) in [7, 11) is 0. The van der Waals surface area contributed by atoms with Crippen LogP contribution in [0.2, 0.25) is 0 Å². The van der Waals surface area contributed by atoms with Crippen molar-refractivity contribution in [1.82, 2.24) is 0 Å². The quantitative estimate of drug-likeness (QED) is 0.461. The maximum atomic E-state index is 5.36. The standard InChI is InChI=1S/C6H7N.2O.Ti/c7-6-4-2-1-3-5-6;;;/h1-5H,7H2;;;/q;2*-2;+4. The summed E-state index contributed by atoms with van der Waals surface area (Å²) in [6.07, 6.45) is 0. The SMILES string of the molecule is Nc1ccccc1.[O-2].[O-2].[Ti+4].